The maximum Gasteiger partial charge on any atom is 0.0718 e. The number of fused-ring (bicyclic) bond motifs is 7. The molecule has 2 aromatic heterocycles. The molecule has 0 fully saturated rings. The summed E-state index contributed by atoms with van der Waals surface area (Å²) in [6.07, 6.45) is 0. The first kappa shape index (κ1) is 24.6. The van der Waals surface area contributed by atoms with Gasteiger partial charge in [0.2, 0.25) is 0 Å². The fourth-order valence-corrected chi connectivity index (χ4v) is 8.86. The molecule has 9 aromatic rings. The van der Waals surface area contributed by atoms with E-state index in [1.165, 1.54) is 73.6 Å². The van der Waals surface area contributed by atoms with Gasteiger partial charge in [-0.3, -0.25) is 0 Å². The van der Waals surface area contributed by atoms with Crippen LogP contribution in [-0.4, -0.2) is 0 Å². The van der Waals surface area contributed by atoms with Crippen molar-refractivity contribution < 1.29 is 0 Å². The summed E-state index contributed by atoms with van der Waals surface area (Å²) in [5.41, 5.74) is 6.02. The number of thiophene rings is 2. The molecule has 0 spiro atoms. The van der Waals surface area contributed by atoms with Gasteiger partial charge in [0.15, 0.2) is 0 Å². The first-order chi connectivity index (χ1) is 21.3. The lowest BCUT2D eigenvalue weighted by Gasteiger charge is -2.29. The minimum Gasteiger partial charge on any atom is -0.308 e. The number of hydrogen-bond donors (Lipinski definition) is 0. The Labute approximate surface area is 257 Å². The zero-order valence-corrected chi connectivity index (χ0v) is 24.8. The van der Waals surface area contributed by atoms with E-state index in [-0.39, 0.29) is 0 Å². The van der Waals surface area contributed by atoms with Crippen LogP contribution in [0.4, 0.5) is 17.1 Å². The summed E-state index contributed by atoms with van der Waals surface area (Å²) < 4.78 is 5.22. The van der Waals surface area contributed by atoms with Gasteiger partial charge in [0.05, 0.1) is 16.1 Å². The quantitative estimate of drug-likeness (QED) is 0.199. The van der Waals surface area contributed by atoms with Gasteiger partial charge in [-0.2, -0.15) is 0 Å². The summed E-state index contributed by atoms with van der Waals surface area (Å²) in [7, 11) is 0. The molecule has 0 atom stereocenters. The predicted octanol–water partition coefficient (Wildman–Crippen LogP) is 12.7. The second kappa shape index (κ2) is 9.81. The summed E-state index contributed by atoms with van der Waals surface area (Å²) in [5.74, 6) is 0. The van der Waals surface area contributed by atoms with Crippen LogP contribution in [0.15, 0.2) is 152 Å². The van der Waals surface area contributed by atoms with Crippen LogP contribution in [0, 0.1) is 0 Å². The van der Waals surface area contributed by atoms with E-state index in [9.17, 15) is 0 Å². The van der Waals surface area contributed by atoms with E-state index < -0.39 is 0 Å². The average molecular weight is 584 g/mol. The van der Waals surface area contributed by atoms with E-state index in [1.807, 2.05) is 22.7 Å². The largest absolute Gasteiger partial charge is 0.308 e. The van der Waals surface area contributed by atoms with Gasteiger partial charge in [-0.25, -0.2) is 0 Å². The van der Waals surface area contributed by atoms with Crippen molar-refractivity contribution in [3.05, 3.63) is 152 Å². The maximum absolute atomic E-state index is 2.54. The molecular formula is C40H25NS2. The SMILES string of the molecule is c1ccc(-c2ccc3c(sc4ccccc43)c2N(c2ccc3ccccc3c2)c2cccc3sc4ccccc4c23)cc1. The Morgan fingerprint density at radius 1 is 0.442 bits per heavy atom. The molecule has 0 bridgehead atoms. The van der Waals surface area contributed by atoms with Crippen molar-refractivity contribution in [2.75, 3.05) is 4.90 Å². The maximum atomic E-state index is 2.54. The van der Waals surface area contributed by atoms with Gasteiger partial charge in [0, 0.05) is 46.9 Å². The summed E-state index contributed by atoms with van der Waals surface area (Å²) in [6.45, 7) is 0. The van der Waals surface area contributed by atoms with Gasteiger partial charge in [-0.05, 0) is 52.7 Å². The zero-order chi connectivity index (χ0) is 28.3. The molecule has 0 saturated carbocycles. The summed E-state index contributed by atoms with van der Waals surface area (Å²) in [5, 5.41) is 7.68. The van der Waals surface area contributed by atoms with Gasteiger partial charge in [-0.15, -0.1) is 22.7 Å². The summed E-state index contributed by atoms with van der Waals surface area (Å²) in [4.78, 5) is 2.54. The summed E-state index contributed by atoms with van der Waals surface area (Å²) >= 11 is 3.76. The molecule has 0 aliphatic heterocycles. The number of benzene rings is 7. The molecule has 202 valence electrons. The lowest BCUT2D eigenvalue weighted by atomic mass is 9.98. The normalized spacial score (nSPS) is 11.7. The fourth-order valence-electron chi connectivity index (χ4n) is 6.49. The van der Waals surface area contributed by atoms with Crippen molar-refractivity contribution >= 4 is 90.9 Å². The number of anilines is 3. The molecule has 0 N–H and O–H groups in total. The van der Waals surface area contributed by atoms with E-state index in [0.29, 0.717) is 0 Å². The Balaban J connectivity index is 1.46. The van der Waals surface area contributed by atoms with Crippen molar-refractivity contribution in [1.82, 2.24) is 0 Å². The molecule has 0 amide bonds. The first-order valence-electron chi connectivity index (χ1n) is 14.5. The molecular weight excluding hydrogens is 559 g/mol. The number of rotatable bonds is 4. The molecule has 9 rings (SSSR count). The second-order valence-corrected chi connectivity index (χ2v) is 13.1. The molecule has 0 aliphatic carbocycles. The van der Waals surface area contributed by atoms with E-state index in [1.54, 1.807) is 0 Å². The highest BCUT2D eigenvalue weighted by Crippen LogP contribution is 2.52. The van der Waals surface area contributed by atoms with Crippen LogP contribution in [0.3, 0.4) is 0 Å². The Morgan fingerprint density at radius 3 is 2.00 bits per heavy atom. The van der Waals surface area contributed by atoms with Crippen LogP contribution in [0.25, 0.3) is 62.2 Å². The van der Waals surface area contributed by atoms with Gasteiger partial charge >= 0.3 is 0 Å². The standard InChI is InChI=1S/C40H25NS2/c1-2-12-27(13-3-1)30-23-24-32-31-15-6-8-18-35(31)43-40(32)39(30)41(29-22-21-26-11-4-5-14-28(26)25-29)34-17-10-20-37-38(34)33-16-7-9-19-36(33)42-37/h1-25H. The topological polar surface area (TPSA) is 3.24 Å². The van der Waals surface area contributed by atoms with Gasteiger partial charge < -0.3 is 4.90 Å². The molecule has 0 unspecified atom stereocenters. The fraction of sp³-hybridized carbons (Fsp3) is 0. The third-order valence-electron chi connectivity index (χ3n) is 8.44. The second-order valence-electron chi connectivity index (χ2n) is 10.9. The van der Waals surface area contributed by atoms with Crippen molar-refractivity contribution in [3.63, 3.8) is 0 Å². The van der Waals surface area contributed by atoms with E-state index >= 15 is 0 Å². The van der Waals surface area contributed by atoms with E-state index in [2.05, 4.69) is 157 Å². The minimum absolute atomic E-state index is 1.16. The predicted molar refractivity (Wildman–Crippen MR) is 190 cm³/mol. The van der Waals surface area contributed by atoms with Crippen LogP contribution in [-0.2, 0) is 0 Å². The lowest BCUT2D eigenvalue weighted by molar-refractivity contribution is 1.33. The van der Waals surface area contributed by atoms with Crippen LogP contribution < -0.4 is 4.90 Å². The molecule has 2 heterocycles. The van der Waals surface area contributed by atoms with Gasteiger partial charge in [-0.1, -0.05) is 115 Å². The van der Waals surface area contributed by atoms with Crippen LogP contribution in [0.1, 0.15) is 0 Å². The third kappa shape index (κ3) is 3.90. The Hall–Kier alpha value is -4.96. The summed E-state index contributed by atoms with van der Waals surface area (Å²) in [6, 6.07) is 55.5. The average Bonchev–Trinajstić information content (AvgIpc) is 3.64. The lowest BCUT2D eigenvalue weighted by Crippen LogP contribution is -2.12. The Bertz CT molecular complexity index is 2470. The van der Waals surface area contributed by atoms with E-state index in [0.717, 1.165) is 5.69 Å². The molecule has 43 heavy (non-hydrogen) atoms. The monoisotopic (exact) mass is 583 g/mol. The van der Waals surface area contributed by atoms with E-state index in [4.69, 9.17) is 0 Å². The minimum atomic E-state index is 1.16. The molecule has 0 radical (unpaired) electrons. The highest BCUT2D eigenvalue weighted by Gasteiger charge is 2.25. The number of hydrogen-bond acceptors (Lipinski definition) is 3. The molecule has 7 aromatic carbocycles. The zero-order valence-electron chi connectivity index (χ0n) is 23.2. The third-order valence-corrected chi connectivity index (χ3v) is 10.8. The van der Waals surface area contributed by atoms with Crippen molar-refractivity contribution in [2.45, 2.75) is 0 Å². The molecule has 0 aliphatic rings. The van der Waals surface area contributed by atoms with Crippen LogP contribution in [0.2, 0.25) is 0 Å². The molecule has 0 saturated heterocycles. The van der Waals surface area contributed by atoms with Gasteiger partial charge in [0.25, 0.3) is 0 Å². The Morgan fingerprint density at radius 2 is 1.14 bits per heavy atom. The van der Waals surface area contributed by atoms with Gasteiger partial charge in [0.1, 0.15) is 0 Å². The highest BCUT2D eigenvalue weighted by molar-refractivity contribution is 7.26. The molecule has 3 heteroatoms. The van der Waals surface area contributed by atoms with Crippen molar-refractivity contribution in [2.24, 2.45) is 0 Å². The van der Waals surface area contributed by atoms with Crippen molar-refractivity contribution in [3.8, 4) is 11.1 Å². The number of nitrogens with zero attached hydrogens (tertiary/aromatic N) is 1. The Kier molecular flexibility index (Phi) is 5.62. The van der Waals surface area contributed by atoms with Crippen LogP contribution in [0.5, 0.6) is 0 Å². The molecule has 1 nitrogen and oxygen atoms in total. The first-order valence-corrected chi connectivity index (χ1v) is 16.2. The highest BCUT2D eigenvalue weighted by atomic mass is 32.1. The smallest absolute Gasteiger partial charge is 0.0718 e. The van der Waals surface area contributed by atoms with Crippen LogP contribution >= 0.6 is 22.7 Å². The van der Waals surface area contributed by atoms with Crippen molar-refractivity contribution in [1.29, 1.82) is 0 Å².